The van der Waals surface area contributed by atoms with Crippen LogP contribution in [0.3, 0.4) is 0 Å². The van der Waals surface area contributed by atoms with Crippen molar-refractivity contribution in [3.63, 3.8) is 0 Å². The van der Waals surface area contributed by atoms with Crippen LogP contribution in [0.4, 0.5) is 0 Å². The zero-order valence-electron chi connectivity index (χ0n) is 7.40. The van der Waals surface area contributed by atoms with Crippen molar-refractivity contribution in [3.8, 4) is 0 Å². The molecule has 0 radical (unpaired) electrons. The Kier molecular flexibility index (Phi) is 8.41. The Bertz CT molecular complexity index is 110. The molecule has 11 heavy (non-hydrogen) atoms. The molecule has 0 aromatic heterocycles. The third kappa shape index (κ3) is 8.08. The molecule has 0 saturated heterocycles. The maximum absolute atomic E-state index is 5.22. The molecule has 0 amide bonds. The van der Waals surface area contributed by atoms with E-state index in [1.54, 1.807) is 0 Å². The van der Waals surface area contributed by atoms with Crippen LogP contribution < -0.4 is 0 Å². The first kappa shape index (κ1) is 11.2. The van der Waals surface area contributed by atoms with Crippen molar-refractivity contribution in [1.82, 2.24) is 0 Å². The maximum Gasteiger partial charge on any atom is 0.0468 e. The number of allylic oxidation sites excluding steroid dienone is 2. The van der Waals surface area contributed by atoms with E-state index in [9.17, 15) is 0 Å². The molecule has 0 N–H and O–H groups in total. The van der Waals surface area contributed by atoms with E-state index in [4.69, 9.17) is 4.74 Å². The number of ether oxygens (including phenoxy) is 1. The highest BCUT2D eigenvalue weighted by Gasteiger charge is 1.89. The molecule has 0 rings (SSSR count). The second kappa shape index (κ2) is 8.28. The summed E-state index contributed by atoms with van der Waals surface area (Å²) in [6.07, 6.45) is 4.50. The van der Waals surface area contributed by atoms with E-state index in [0.717, 1.165) is 31.4 Å². The molecule has 1 nitrogen and oxygen atoms in total. The van der Waals surface area contributed by atoms with Gasteiger partial charge in [0.2, 0.25) is 0 Å². The van der Waals surface area contributed by atoms with Crippen LogP contribution in [0.25, 0.3) is 0 Å². The fraction of sp³-hybridized carbons (Fsp3) is 0.778. The predicted molar refractivity (Wildman–Crippen MR) is 53.3 cm³/mol. The molecule has 0 saturated carbocycles. The third-order valence-corrected chi connectivity index (χ3v) is 1.81. The van der Waals surface area contributed by atoms with Crippen molar-refractivity contribution in [1.29, 1.82) is 0 Å². The molecule has 2 heteroatoms. The highest BCUT2D eigenvalue weighted by atomic mass is 79.9. The standard InChI is InChI=1S/C9H17BrO/c1-3-11-8-4-5-9(2)6-7-10/h6H,3-5,7-8H2,1-2H3/b9-6+. The van der Waals surface area contributed by atoms with Crippen LogP contribution in [-0.2, 0) is 4.74 Å². The molecular weight excluding hydrogens is 204 g/mol. The Labute approximate surface area is 78.0 Å². The highest BCUT2D eigenvalue weighted by Crippen LogP contribution is 2.04. The van der Waals surface area contributed by atoms with E-state index in [2.05, 4.69) is 28.9 Å². The Balaban J connectivity index is 3.17. The van der Waals surface area contributed by atoms with Gasteiger partial charge in [0.15, 0.2) is 0 Å². The van der Waals surface area contributed by atoms with Crippen LogP contribution in [0.2, 0.25) is 0 Å². The maximum atomic E-state index is 5.22. The van der Waals surface area contributed by atoms with E-state index in [1.165, 1.54) is 5.57 Å². The molecule has 0 atom stereocenters. The average molecular weight is 221 g/mol. The van der Waals surface area contributed by atoms with Crippen molar-refractivity contribution in [2.45, 2.75) is 26.7 Å². The fourth-order valence-corrected chi connectivity index (χ4v) is 1.38. The van der Waals surface area contributed by atoms with Crippen molar-refractivity contribution in [3.05, 3.63) is 11.6 Å². The largest absolute Gasteiger partial charge is 0.382 e. The molecule has 0 aliphatic rings. The summed E-state index contributed by atoms with van der Waals surface area (Å²) in [5.41, 5.74) is 1.45. The van der Waals surface area contributed by atoms with Gasteiger partial charge in [-0.25, -0.2) is 0 Å². The third-order valence-electron chi connectivity index (χ3n) is 1.49. The molecule has 0 aromatic rings. The summed E-state index contributed by atoms with van der Waals surface area (Å²) < 4.78 is 5.22. The first-order chi connectivity index (χ1) is 5.31. The Hall–Kier alpha value is 0.180. The molecule has 0 aromatic carbocycles. The second-order valence-electron chi connectivity index (χ2n) is 2.51. The Morgan fingerprint density at radius 2 is 2.27 bits per heavy atom. The van der Waals surface area contributed by atoms with Crippen LogP contribution in [0.1, 0.15) is 26.7 Å². The number of hydrogen-bond donors (Lipinski definition) is 0. The molecule has 0 heterocycles. The summed E-state index contributed by atoms with van der Waals surface area (Å²) in [6, 6.07) is 0. The predicted octanol–water partition coefficient (Wildman–Crippen LogP) is 3.14. The molecule has 66 valence electrons. The van der Waals surface area contributed by atoms with Gasteiger partial charge in [0.05, 0.1) is 0 Å². The van der Waals surface area contributed by atoms with Gasteiger partial charge in [-0.2, -0.15) is 0 Å². The summed E-state index contributed by atoms with van der Waals surface area (Å²) in [5, 5.41) is 0.966. The first-order valence-corrected chi connectivity index (χ1v) is 5.22. The quantitative estimate of drug-likeness (QED) is 0.380. The van der Waals surface area contributed by atoms with Crippen LogP contribution in [0, 0.1) is 0 Å². The molecule has 0 spiro atoms. The molecule has 0 bridgehead atoms. The monoisotopic (exact) mass is 220 g/mol. The summed E-state index contributed by atoms with van der Waals surface area (Å²) in [7, 11) is 0. The molecule has 0 aliphatic carbocycles. The Morgan fingerprint density at radius 1 is 1.55 bits per heavy atom. The molecular formula is C9H17BrO. The molecule has 0 fully saturated rings. The first-order valence-electron chi connectivity index (χ1n) is 4.10. The average Bonchev–Trinajstić information content (AvgIpc) is 1.99. The van der Waals surface area contributed by atoms with Gasteiger partial charge in [-0.05, 0) is 26.7 Å². The van der Waals surface area contributed by atoms with Crippen molar-refractivity contribution in [2.24, 2.45) is 0 Å². The van der Waals surface area contributed by atoms with E-state index in [1.807, 2.05) is 6.92 Å². The molecule has 0 unspecified atom stereocenters. The lowest BCUT2D eigenvalue weighted by molar-refractivity contribution is 0.145. The van der Waals surface area contributed by atoms with Crippen molar-refractivity contribution >= 4 is 15.9 Å². The molecule has 0 aliphatic heterocycles. The van der Waals surface area contributed by atoms with Gasteiger partial charge in [-0.3, -0.25) is 0 Å². The van der Waals surface area contributed by atoms with Crippen LogP contribution >= 0.6 is 15.9 Å². The topological polar surface area (TPSA) is 9.23 Å². The van der Waals surface area contributed by atoms with Gasteiger partial charge in [0.25, 0.3) is 0 Å². The van der Waals surface area contributed by atoms with E-state index < -0.39 is 0 Å². The lowest BCUT2D eigenvalue weighted by Crippen LogP contribution is -1.93. The zero-order chi connectivity index (χ0) is 8.53. The lowest BCUT2D eigenvalue weighted by Gasteiger charge is -2.00. The van der Waals surface area contributed by atoms with Gasteiger partial charge in [0, 0.05) is 18.5 Å². The van der Waals surface area contributed by atoms with E-state index in [0.29, 0.717) is 0 Å². The normalized spacial score (nSPS) is 12.1. The van der Waals surface area contributed by atoms with Gasteiger partial charge in [-0.1, -0.05) is 27.6 Å². The SMILES string of the molecule is CCOCCC/C(C)=C/CBr. The van der Waals surface area contributed by atoms with Crippen LogP contribution in [0.5, 0.6) is 0 Å². The smallest absolute Gasteiger partial charge is 0.0468 e. The number of alkyl halides is 1. The van der Waals surface area contributed by atoms with Crippen molar-refractivity contribution in [2.75, 3.05) is 18.5 Å². The highest BCUT2D eigenvalue weighted by molar-refractivity contribution is 9.09. The van der Waals surface area contributed by atoms with Gasteiger partial charge >= 0.3 is 0 Å². The summed E-state index contributed by atoms with van der Waals surface area (Å²) in [6.45, 7) is 5.92. The zero-order valence-corrected chi connectivity index (χ0v) is 8.99. The lowest BCUT2D eigenvalue weighted by atomic mass is 10.2. The number of halogens is 1. The summed E-state index contributed by atoms with van der Waals surface area (Å²) in [4.78, 5) is 0. The summed E-state index contributed by atoms with van der Waals surface area (Å²) >= 11 is 3.36. The second-order valence-corrected chi connectivity index (χ2v) is 3.15. The van der Waals surface area contributed by atoms with Crippen LogP contribution in [0.15, 0.2) is 11.6 Å². The summed E-state index contributed by atoms with van der Waals surface area (Å²) in [5.74, 6) is 0. The fourth-order valence-electron chi connectivity index (χ4n) is 0.831. The minimum Gasteiger partial charge on any atom is -0.382 e. The van der Waals surface area contributed by atoms with Gasteiger partial charge < -0.3 is 4.74 Å². The number of rotatable bonds is 6. The Morgan fingerprint density at radius 3 is 2.82 bits per heavy atom. The van der Waals surface area contributed by atoms with E-state index >= 15 is 0 Å². The van der Waals surface area contributed by atoms with Gasteiger partial charge in [0.1, 0.15) is 0 Å². The number of hydrogen-bond acceptors (Lipinski definition) is 1. The minimum absolute atomic E-state index is 0.835. The van der Waals surface area contributed by atoms with Crippen molar-refractivity contribution < 1.29 is 4.74 Å². The van der Waals surface area contributed by atoms with Crippen LogP contribution in [-0.4, -0.2) is 18.5 Å². The van der Waals surface area contributed by atoms with E-state index in [-0.39, 0.29) is 0 Å². The minimum atomic E-state index is 0.835. The van der Waals surface area contributed by atoms with Gasteiger partial charge in [-0.15, -0.1) is 0 Å².